The molecular weight excluding hydrogens is 336 g/mol. The maximum absolute atomic E-state index is 5.46. The molecule has 108 valence electrons. The van der Waals surface area contributed by atoms with E-state index in [1.807, 2.05) is 26.1 Å². The number of benzene rings is 1. The highest BCUT2D eigenvalue weighted by molar-refractivity contribution is 9.10. The molecule has 0 aliphatic carbocycles. The quantitative estimate of drug-likeness (QED) is 0.879. The number of nitrogens with one attached hydrogen (secondary N) is 1. The Kier molecular flexibility index (Phi) is 5.18. The highest BCUT2D eigenvalue weighted by Crippen LogP contribution is 2.31. The van der Waals surface area contributed by atoms with Crippen molar-refractivity contribution in [3.63, 3.8) is 0 Å². The van der Waals surface area contributed by atoms with Gasteiger partial charge in [-0.1, -0.05) is 15.9 Å². The van der Waals surface area contributed by atoms with E-state index in [-0.39, 0.29) is 6.04 Å². The summed E-state index contributed by atoms with van der Waals surface area (Å²) in [6.07, 6.45) is 0.877. The number of ether oxygens (including phenoxy) is 1. The van der Waals surface area contributed by atoms with E-state index >= 15 is 0 Å². The van der Waals surface area contributed by atoms with Crippen molar-refractivity contribution >= 4 is 27.3 Å². The molecule has 0 radical (unpaired) electrons. The molecule has 1 aromatic carbocycles. The molecule has 1 N–H and O–H groups in total. The monoisotopic (exact) mass is 354 g/mol. The molecule has 1 atom stereocenters. The van der Waals surface area contributed by atoms with Crippen molar-refractivity contribution in [1.82, 2.24) is 10.3 Å². The van der Waals surface area contributed by atoms with Gasteiger partial charge in [-0.3, -0.25) is 0 Å². The maximum atomic E-state index is 5.46. The van der Waals surface area contributed by atoms with E-state index in [0.717, 1.165) is 27.3 Å². The van der Waals surface area contributed by atoms with Gasteiger partial charge < -0.3 is 10.1 Å². The minimum Gasteiger partial charge on any atom is -0.496 e. The Morgan fingerprint density at radius 2 is 2.15 bits per heavy atom. The van der Waals surface area contributed by atoms with Crippen LogP contribution in [0.1, 0.15) is 27.2 Å². The number of likely N-dealkylation sites (N-methyl/N-ethyl adjacent to an activating group) is 1. The van der Waals surface area contributed by atoms with Crippen molar-refractivity contribution in [3.05, 3.63) is 43.8 Å². The first-order valence-electron chi connectivity index (χ1n) is 6.48. The summed E-state index contributed by atoms with van der Waals surface area (Å²) in [6, 6.07) is 6.37. The smallest absolute Gasteiger partial charge is 0.122 e. The Balaban J connectivity index is 2.31. The van der Waals surface area contributed by atoms with Gasteiger partial charge in [0.25, 0.3) is 0 Å². The van der Waals surface area contributed by atoms with E-state index in [4.69, 9.17) is 4.74 Å². The van der Waals surface area contributed by atoms with Crippen LogP contribution in [0.4, 0.5) is 0 Å². The van der Waals surface area contributed by atoms with Gasteiger partial charge in [0.15, 0.2) is 0 Å². The second kappa shape index (κ2) is 6.70. The van der Waals surface area contributed by atoms with E-state index < -0.39 is 0 Å². The van der Waals surface area contributed by atoms with Gasteiger partial charge in [0.1, 0.15) is 5.75 Å². The summed E-state index contributed by atoms with van der Waals surface area (Å²) < 4.78 is 6.53. The summed E-state index contributed by atoms with van der Waals surface area (Å²) in [6.45, 7) is 4.12. The van der Waals surface area contributed by atoms with E-state index in [1.54, 1.807) is 18.4 Å². The molecule has 2 aromatic rings. The van der Waals surface area contributed by atoms with E-state index in [2.05, 4.69) is 39.2 Å². The maximum Gasteiger partial charge on any atom is 0.122 e. The molecule has 0 aliphatic heterocycles. The number of nitrogens with zero attached hydrogens (tertiary/aromatic N) is 1. The standard InChI is InChI=1S/C15H19BrN2OS/c1-9-15(20-10(2)18-9)13(17-3)8-11-7-12(16)5-6-14(11)19-4/h5-7,13,17H,8H2,1-4H3. The Morgan fingerprint density at radius 3 is 2.70 bits per heavy atom. The first-order chi connectivity index (χ1) is 9.55. The number of halogens is 1. The SMILES string of the molecule is CNC(Cc1cc(Br)ccc1OC)c1sc(C)nc1C. The van der Waals surface area contributed by atoms with Crippen molar-refractivity contribution in [1.29, 1.82) is 0 Å². The fraction of sp³-hybridized carbons (Fsp3) is 0.400. The molecule has 0 spiro atoms. The summed E-state index contributed by atoms with van der Waals surface area (Å²) in [5.41, 5.74) is 2.30. The van der Waals surface area contributed by atoms with Crippen molar-refractivity contribution in [2.45, 2.75) is 26.3 Å². The van der Waals surface area contributed by atoms with Crippen LogP contribution in [0.2, 0.25) is 0 Å². The van der Waals surface area contributed by atoms with Gasteiger partial charge in [-0.15, -0.1) is 11.3 Å². The Morgan fingerprint density at radius 1 is 1.40 bits per heavy atom. The van der Waals surface area contributed by atoms with Crippen molar-refractivity contribution in [3.8, 4) is 5.75 Å². The number of thiazole rings is 1. The molecule has 1 aromatic heterocycles. The van der Waals surface area contributed by atoms with Crippen molar-refractivity contribution in [2.75, 3.05) is 14.2 Å². The average Bonchev–Trinajstić information content (AvgIpc) is 2.75. The molecule has 2 rings (SSSR count). The summed E-state index contributed by atoms with van der Waals surface area (Å²) in [4.78, 5) is 5.82. The lowest BCUT2D eigenvalue weighted by Crippen LogP contribution is -2.19. The molecule has 0 saturated heterocycles. The van der Waals surface area contributed by atoms with Gasteiger partial charge in [0.05, 0.1) is 17.8 Å². The number of aromatic nitrogens is 1. The van der Waals surface area contributed by atoms with Crippen LogP contribution < -0.4 is 10.1 Å². The zero-order valence-corrected chi connectivity index (χ0v) is 14.6. The Labute approximate surface area is 132 Å². The van der Waals surface area contributed by atoms with Gasteiger partial charge in [-0.2, -0.15) is 0 Å². The minimum absolute atomic E-state index is 0.254. The predicted molar refractivity (Wildman–Crippen MR) is 87.8 cm³/mol. The third kappa shape index (κ3) is 3.40. The van der Waals surface area contributed by atoms with Crippen molar-refractivity contribution < 1.29 is 4.74 Å². The molecule has 5 heteroatoms. The number of rotatable bonds is 5. The molecule has 0 bridgehead atoms. The second-order valence-corrected chi connectivity index (χ2v) is 6.83. The van der Waals surface area contributed by atoms with Crippen LogP contribution in [0.25, 0.3) is 0 Å². The largest absolute Gasteiger partial charge is 0.496 e. The summed E-state index contributed by atoms with van der Waals surface area (Å²) in [7, 11) is 3.70. The van der Waals surface area contributed by atoms with Gasteiger partial charge in [-0.05, 0) is 51.1 Å². The molecule has 1 heterocycles. The number of hydrogen-bond acceptors (Lipinski definition) is 4. The summed E-state index contributed by atoms with van der Waals surface area (Å²) >= 11 is 5.28. The van der Waals surface area contributed by atoms with Crippen LogP contribution in [-0.2, 0) is 6.42 Å². The third-order valence-corrected chi connectivity index (χ3v) is 4.95. The zero-order valence-electron chi connectivity index (χ0n) is 12.2. The van der Waals surface area contributed by atoms with Crippen LogP contribution in [0.3, 0.4) is 0 Å². The Bertz CT molecular complexity index is 598. The van der Waals surface area contributed by atoms with E-state index in [1.165, 1.54) is 10.4 Å². The Hall–Kier alpha value is -0.910. The fourth-order valence-electron chi connectivity index (χ4n) is 2.32. The molecule has 1 unspecified atom stereocenters. The number of methoxy groups -OCH3 is 1. The number of hydrogen-bond donors (Lipinski definition) is 1. The van der Waals surface area contributed by atoms with Crippen molar-refractivity contribution in [2.24, 2.45) is 0 Å². The van der Waals surface area contributed by atoms with Crippen LogP contribution in [-0.4, -0.2) is 19.1 Å². The van der Waals surface area contributed by atoms with Gasteiger partial charge in [-0.25, -0.2) is 4.98 Å². The summed E-state index contributed by atoms with van der Waals surface area (Å²) in [5.74, 6) is 0.923. The minimum atomic E-state index is 0.254. The van der Waals surface area contributed by atoms with Gasteiger partial charge in [0, 0.05) is 15.4 Å². The lowest BCUT2D eigenvalue weighted by Gasteiger charge is -2.17. The van der Waals surface area contributed by atoms with Crippen LogP contribution in [0.15, 0.2) is 22.7 Å². The van der Waals surface area contributed by atoms with Crippen LogP contribution in [0.5, 0.6) is 5.75 Å². The van der Waals surface area contributed by atoms with E-state index in [0.29, 0.717) is 0 Å². The molecule has 0 fully saturated rings. The average molecular weight is 355 g/mol. The highest BCUT2D eigenvalue weighted by Gasteiger charge is 2.18. The van der Waals surface area contributed by atoms with Crippen LogP contribution in [0, 0.1) is 13.8 Å². The number of aryl methyl sites for hydroxylation is 2. The zero-order chi connectivity index (χ0) is 14.7. The molecular formula is C15H19BrN2OS. The topological polar surface area (TPSA) is 34.1 Å². The molecule has 0 saturated carbocycles. The second-order valence-electron chi connectivity index (χ2n) is 4.68. The molecule has 3 nitrogen and oxygen atoms in total. The molecule has 20 heavy (non-hydrogen) atoms. The fourth-order valence-corrected chi connectivity index (χ4v) is 3.77. The summed E-state index contributed by atoms with van der Waals surface area (Å²) in [5, 5.41) is 4.50. The molecule has 0 amide bonds. The van der Waals surface area contributed by atoms with Gasteiger partial charge >= 0.3 is 0 Å². The molecule has 0 aliphatic rings. The van der Waals surface area contributed by atoms with Gasteiger partial charge in [0.2, 0.25) is 0 Å². The third-order valence-electron chi connectivity index (χ3n) is 3.27. The first-order valence-corrected chi connectivity index (χ1v) is 8.09. The predicted octanol–water partition coefficient (Wildman–Crippen LogP) is 4.03. The van der Waals surface area contributed by atoms with E-state index in [9.17, 15) is 0 Å². The van der Waals surface area contributed by atoms with Crippen LogP contribution >= 0.6 is 27.3 Å². The normalized spacial score (nSPS) is 12.4. The first kappa shape index (κ1) is 15.5. The lowest BCUT2D eigenvalue weighted by molar-refractivity contribution is 0.406. The highest BCUT2D eigenvalue weighted by atomic mass is 79.9. The lowest BCUT2D eigenvalue weighted by atomic mass is 10.0.